The number of azo groups is 1. The molecule has 21 heavy (non-hydrogen) atoms. The van der Waals surface area contributed by atoms with E-state index in [-0.39, 0.29) is 5.75 Å². The molecule has 0 amide bonds. The Balaban J connectivity index is 2.06. The number of rotatable bonds is 2. The van der Waals surface area contributed by atoms with Gasteiger partial charge in [-0.1, -0.05) is 17.7 Å². The average Bonchev–Trinajstić information content (AvgIpc) is 2.48. The second-order valence-electron chi connectivity index (χ2n) is 4.66. The summed E-state index contributed by atoms with van der Waals surface area (Å²) in [6.45, 7) is 1.96. The Hall–Kier alpha value is -2.46. The summed E-state index contributed by atoms with van der Waals surface area (Å²) in [5.74, 6) is 0.123. The number of phenols is 1. The zero-order chi connectivity index (χ0) is 14.8. The fraction of sp³-hybridized carbons (Fsp3) is 0.0625. The molecule has 0 aliphatic carbocycles. The summed E-state index contributed by atoms with van der Waals surface area (Å²) in [6.07, 6.45) is 1.62. The van der Waals surface area contributed by atoms with Crippen molar-refractivity contribution in [2.45, 2.75) is 6.92 Å². The van der Waals surface area contributed by atoms with Gasteiger partial charge in [-0.3, -0.25) is 4.98 Å². The predicted octanol–water partition coefficient (Wildman–Crippen LogP) is 5.32. The molecule has 0 saturated carbocycles. The standard InChI is InChI=1S/C16H12ClN3O/c1-10-4-5-14(12(17)9-10)20-19-13-6-7-15(21)16-11(13)3-2-8-18-16/h2-9,21H,1H3. The summed E-state index contributed by atoms with van der Waals surface area (Å²) in [7, 11) is 0. The molecule has 1 heterocycles. The van der Waals surface area contributed by atoms with Gasteiger partial charge in [0.05, 0.1) is 10.7 Å². The van der Waals surface area contributed by atoms with E-state index < -0.39 is 0 Å². The number of aromatic hydroxyl groups is 1. The van der Waals surface area contributed by atoms with Crippen LogP contribution in [0.2, 0.25) is 5.02 Å². The van der Waals surface area contributed by atoms with Gasteiger partial charge in [0.25, 0.3) is 0 Å². The van der Waals surface area contributed by atoms with Crippen LogP contribution in [0.15, 0.2) is 58.9 Å². The van der Waals surface area contributed by atoms with Crippen LogP contribution in [0.25, 0.3) is 10.9 Å². The van der Waals surface area contributed by atoms with Crippen molar-refractivity contribution < 1.29 is 5.11 Å². The van der Waals surface area contributed by atoms with Crippen LogP contribution in [0.1, 0.15) is 5.56 Å². The lowest BCUT2D eigenvalue weighted by Crippen LogP contribution is -1.79. The topological polar surface area (TPSA) is 57.8 Å². The summed E-state index contributed by atoms with van der Waals surface area (Å²) < 4.78 is 0. The molecule has 1 aromatic heterocycles. The van der Waals surface area contributed by atoms with Crippen molar-refractivity contribution in [1.29, 1.82) is 0 Å². The van der Waals surface area contributed by atoms with Crippen LogP contribution in [0.5, 0.6) is 5.75 Å². The lowest BCUT2D eigenvalue weighted by Gasteiger charge is -2.03. The Morgan fingerprint density at radius 3 is 2.62 bits per heavy atom. The van der Waals surface area contributed by atoms with Crippen molar-refractivity contribution in [1.82, 2.24) is 4.98 Å². The molecule has 1 N–H and O–H groups in total. The van der Waals surface area contributed by atoms with Crippen molar-refractivity contribution in [3.63, 3.8) is 0 Å². The summed E-state index contributed by atoms with van der Waals surface area (Å²) in [5, 5.41) is 19.5. The molecule has 2 aromatic carbocycles. The summed E-state index contributed by atoms with van der Waals surface area (Å²) in [5.41, 5.74) is 2.81. The van der Waals surface area contributed by atoms with E-state index in [0.29, 0.717) is 21.9 Å². The highest BCUT2D eigenvalue weighted by Crippen LogP contribution is 2.33. The molecule has 0 atom stereocenters. The molecular weight excluding hydrogens is 286 g/mol. The molecular formula is C16H12ClN3O. The van der Waals surface area contributed by atoms with E-state index in [1.807, 2.05) is 31.2 Å². The smallest absolute Gasteiger partial charge is 0.141 e. The highest BCUT2D eigenvalue weighted by atomic mass is 35.5. The van der Waals surface area contributed by atoms with Gasteiger partial charge in [0.15, 0.2) is 0 Å². The molecule has 0 saturated heterocycles. The SMILES string of the molecule is Cc1ccc(N=Nc2ccc(O)c3ncccc23)c(Cl)c1. The van der Waals surface area contributed by atoms with E-state index in [0.717, 1.165) is 10.9 Å². The lowest BCUT2D eigenvalue weighted by molar-refractivity contribution is 0.480. The van der Waals surface area contributed by atoms with Crippen LogP contribution in [0.3, 0.4) is 0 Å². The van der Waals surface area contributed by atoms with E-state index in [2.05, 4.69) is 15.2 Å². The van der Waals surface area contributed by atoms with Gasteiger partial charge in [-0.05, 0) is 48.9 Å². The van der Waals surface area contributed by atoms with Crippen molar-refractivity contribution in [2.24, 2.45) is 10.2 Å². The Bertz CT molecular complexity index is 846. The zero-order valence-electron chi connectivity index (χ0n) is 11.3. The Morgan fingerprint density at radius 1 is 1.05 bits per heavy atom. The van der Waals surface area contributed by atoms with Crippen LogP contribution >= 0.6 is 11.6 Å². The number of halogens is 1. The normalized spacial score (nSPS) is 11.3. The minimum atomic E-state index is 0.123. The van der Waals surface area contributed by atoms with Gasteiger partial charge in [0.2, 0.25) is 0 Å². The molecule has 0 fully saturated rings. The second kappa shape index (κ2) is 5.50. The van der Waals surface area contributed by atoms with Crippen molar-refractivity contribution in [2.75, 3.05) is 0 Å². The maximum Gasteiger partial charge on any atom is 0.141 e. The number of benzene rings is 2. The van der Waals surface area contributed by atoms with Crippen LogP contribution in [-0.2, 0) is 0 Å². The first kappa shape index (κ1) is 13.5. The molecule has 3 rings (SSSR count). The minimum absolute atomic E-state index is 0.123. The number of aryl methyl sites for hydroxylation is 1. The first-order chi connectivity index (χ1) is 10.1. The Morgan fingerprint density at radius 2 is 1.81 bits per heavy atom. The fourth-order valence-electron chi connectivity index (χ4n) is 2.03. The lowest BCUT2D eigenvalue weighted by atomic mass is 10.2. The first-order valence-corrected chi connectivity index (χ1v) is 6.77. The van der Waals surface area contributed by atoms with Crippen LogP contribution in [0, 0.1) is 6.92 Å². The quantitative estimate of drug-likeness (QED) is 0.651. The Labute approximate surface area is 126 Å². The monoisotopic (exact) mass is 297 g/mol. The number of phenolic OH excluding ortho intramolecular Hbond substituents is 1. The van der Waals surface area contributed by atoms with Gasteiger partial charge >= 0.3 is 0 Å². The molecule has 0 radical (unpaired) electrons. The van der Waals surface area contributed by atoms with Crippen molar-refractivity contribution in [3.8, 4) is 5.75 Å². The van der Waals surface area contributed by atoms with E-state index >= 15 is 0 Å². The second-order valence-corrected chi connectivity index (χ2v) is 5.07. The van der Waals surface area contributed by atoms with E-state index in [1.54, 1.807) is 24.4 Å². The molecule has 0 bridgehead atoms. The third-order valence-electron chi connectivity index (χ3n) is 3.09. The summed E-state index contributed by atoms with van der Waals surface area (Å²) >= 11 is 6.13. The molecule has 5 heteroatoms. The third-order valence-corrected chi connectivity index (χ3v) is 3.40. The van der Waals surface area contributed by atoms with Gasteiger partial charge in [-0.15, -0.1) is 10.2 Å². The van der Waals surface area contributed by atoms with Gasteiger partial charge in [0, 0.05) is 11.6 Å². The number of nitrogens with zero attached hydrogens (tertiary/aromatic N) is 3. The molecule has 3 aromatic rings. The number of aromatic nitrogens is 1. The summed E-state index contributed by atoms with van der Waals surface area (Å²) in [4.78, 5) is 4.15. The predicted molar refractivity (Wildman–Crippen MR) is 83.8 cm³/mol. The number of hydrogen-bond acceptors (Lipinski definition) is 4. The molecule has 104 valence electrons. The fourth-order valence-corrected chi connectivity index (χ4v) is 2.30. The van der Waals surface area contributed by atoms with Crippen LogP contribution < -0.4 is 0 Å². The average molecular weight is 298 g/mol. The van der Waals surface area contributed by atoms with Gasteiger partial charge in [0.1, 0.15) is 17.0 Å². The van der Waals surface area contributed by atoms with Crippen LogP contribution in [0.4, 0.5) is 11.4 Å². The summed E-state index contributed by atoms with van der Waals surface area (Å²) in [6, 6.07) is 12.5. The molecule has 0 aliphatic rings. The Kier molecular flexibility index (Phi) is 3.54. The first-order valence-electron chi connectivity index (χ1n) is 6.40. The molecule has 0 aliphatic heterocycles. The number of hydrogen-bond donors (Lipinski definition) is 1. The van der Waals surface area contributed by atoms with Crippen molar-refractivity contribution in [3.05, 3.63) is 59.2 Å². The molecule has 0 spiro atoms. The van der Waals surface area contributed by atoms with Gasteiger partial charge < -0.3 is 5.11 Å². The number of fused-ring (bicyclic) bond motifs is 1. The number of pyridine rings is 1. The maximum absolute atomic E-state index is 9.80. The van der Waals surface area contributed by atoms with Gasteiger partial charge in [-0.25, -0.2) is 0 Å². The zero-order valence-corrected chi connectivity index (χ0v) is 12.0. The van der Waals surface area contributed by atoms with E-state index in [1.165, 1.54) is 0 Å². The van der Waals surface area contributed by atoms with Gasteiger partial charge in [-0.2, -0.15) is 0 Å². The van der Waals surface area contributed by atoms with E-state index in [9.17, 15) is 5.11 Å². The highest BCUT2D eigenvalue weighted by Gasteiger charge is 2.06. The molecule has 4 nitrogen and oxygen atoms in total. The highest BCUT2D eigenvalue weighted by molar-refractivity contribution is 6.33. The van der Waals surface area contributed by atoms with Crippen molar-refractivity contribution >= 4 is 33.9 Å². The third kappa shape index (κ3) is 2.71. The maximum atomic E-state index is 9.80. The van der Waals surface area contributed by atoms with Crippen LogP contribution in [-0.4, -0.2) is 10.1 Å². The molecule has 0 unspecified atom stereocenters. The van der Waals surface area contributed by atoms with E-state index in [4.69, 9.17) is 11.6 Å². The minimum Gasteiger partial charge on any atom is -0.506 e. The largest absolute Gasteiger partial charge is 0.506 e.